The van der Waals surface area contributed by atoms with Gasteiger partial charge in [-0.25, -0.2) is 4.68 Å². The summed E-state index contributed by atoms with van der Waals surface area (Å²) < 4.78 is 12.5. The van der Waals surface area contributed by atoms with Gasteiger partial charge in [-0.05, 0) is 48.5 Å². The van der Waals surface area contributed by atoms with Gasteiger partial charge < -0.3 is 19.7 Å². The molecule has 0 saturated carbocycles. The average Bonchev–Trinajstić information content (AvgIpc) is 3.34. The topological polar surface area (TPSA) is 85.7 Å². The molecule has 0 unspecified atom stereocenters. The fourth-order valence-corrected chi connectivity index (χ4v) is 3.34. The molecule has 0 radical (unpaired) electrons. The third kappa shape index (κ3) is 5.67. The second-order valence-corrected chi connectivity index (χ2v) is 7.96. The highest BCUT2D eigenvalue weighted by atomic mass is 16.5. The molecule has 3 aromatic carbocycles. The normalized spacial score (nSPS) is 10.5. The highest BCUT2D eigenvalue weighted by Crippen LogP contribution is 2.28. The molecular weight excluding hydrogens is 444 g/mol. The molecule has 35 heavy (non-hydrogen) atoms. The van der Waals surface area contributed by atoms with Gasteiger partial charge in [0.15, 0.2) is 6.61 Å². The Bertz CT molecular complexity index is 1310. The maximum atomic E-state index is 13.3. The highest BCUT2D eigenvalue weighted by Gasteiger charge is 2.19. The number of hydrogen-bond acceptors (Lipinski definition) is 5. The number of ether oxygens (including phenoxy) is 2. The van der Waals surface area contributed by atoms with Gasteiger partial charge in [0.1, 0.15) is 17.2 Å². The number of methoxy groups -OCH3 is 1. The number of likely N-dealkylation sites (N-methyl/N-ethyl adjacent to an activating group) is 1. The molecule has 4 rings (SSSR count). The van der Waals surface area contributed by atoms with E-state index in [4.69, 9.17) is 14.6 Å². The van der Waals surface area contributed by atoms with Crippen LogP contribution in [0.5, 0.6) is 11.5 Å². The van der Waals surface area contributed by atoms with Crippen molar-refractivity contribution in [1.29, 1.82) is 0 Å². The van der Waals surface area contributed by atoms with Crippen LogP contribution in [-0.4, -0.2) is 54.3 Å². The maximum absolute atomic E-state index is 13.3. The van der Waals surface area contributed by atoms with Crippen molar-refractivity contribution in [3.05, 3.63) is 90.6 Å². The van der Waals surface area contributed by atoms with E-state index in [0.717, 1.165) is 11.3 Å². The molecule has 0 saturated heterocycles. The number of carbonyl (C=O) groups is 2. The number of carbonyl (C=O) groups excluding carboxylic acids is 2. The zero-order valence-corrected chi connectivity index (χ0v) is 19.8. The Labute approximate surface area is 203 Å². The van der Waals surface area contributed by atoms with Crippen LogP contribution in [0.25, 0.3) is 16.9 Å². The first-order chi connectivity index (χ1) is 16.9. The molecule has 1 aromatic heterocycles. The van der Waals surface area contributed by atoms with Gasteiger partial charge in [-0.2, -0.15) is 5.10 Å². The minimum Gasteiger partial charge on any atom is -0.497 e. The lowest BCUT2D eigenvalue weighted by Crippen LogP contribution is -2.27. The Morgan fingerprint density at radius 2 is 1.69 bits per heavy atom. The molecule has 0 bridgehead atoms. The molecule has 0 spiro atoms. The molecule has 8 heteroatoms. The van der Waals surface area contributed by atoms with Crippen molar-refractivity contribution in [3.63, 3.8) is 0 Å². The fraction of sp³-hybridized carbons (Fsp3) is 0.148. The molecule has 4 aromatic rings. The first-order valence-corrected chi connectivity index (χ1v) is 11.0. The van der Waals surface area contributed by atoms with E-state index in [0.29, 0.717) is 28.4 Å². The van der Waals surface area contributed by atoms with Gasteiger partial charge in [-0.3, -0.25) is 9.59 Å². The molecule has 0 fully saturated rings. The predicted molar refractivity (Wildman–Crippen MR) is 134 cm³/mol. The summed E-state index contributed by atoms with van der Waals surface area (Å²) in [6, 6.07) is 23.9. The van der Waals surface area contributed by atoms with Crippen LogP contribution in [0.1, 0.15) is 10.4 Å². The monoisotopic (exact) mass is 470 g/mol. The number of rotatable bonds is 8. The summed E-state index contributed by atoms with van der Waals surface area (Å²) >= 11 is 0. The van der Waals surface area contributed by atoms with E-state index in [1.807, 2.05) is 54.6 Å². The number of nitrogens with one attached hydrogen (secondary N) is 1. The van der Waals surface area contributed by atoms with Crippen LogP contribution in [0.2, 0.25) is 0 Å². The number of hydrogen-bond donors (Lipinski definition) is 1. The molecule has 0 aliphatic rings. The Hall–Kier alpha value is -4.59. The lowest BCUT2D eigenvalue weighted by Gasteiger charge is -2.12. The molecule has 0 aliphatic heterocycles. The fourth-order valence-electron chi connectivity index (χ4n) is 3.34. The summed E-state index contributed by atoms with van der Waals surface area (Å²) in [7, 11) is 4.94. The quantitative estimate of drug-likeness (QED) is 0.416. The Morgan fingerprint density at radius 1 is 0.943 bits per heavy atom. The molecule has 178 valence electrons. The van der Waals surface area contributed by atoms with Crippen molar-refractivity contribution in [2.24, 2.45) is 0 Å². The smallest absolute Gasteiger partial charge is 0.259 e. The van der Waals surface area contributed by atoms with Gasteiger partial charge in [0.2, 0.25) is 0 Å². The number of aromatic nitrogens is 2. The number of para-hydroxylation sites is 1. The van der Waals surface area contributed by atoms with Crippen LogP contribution in [0.15, 0.2) is 85.1 Å². The van der Waals surface area contributed by atoms with Gasteiger partial charge in [0.25, 0.3) is 11.8 Å². The van der Waals surface area contributed by atoms with Crippen LogP contribution in [0, 0.1) is 0 Å². The second-order valence-electron chi connectivity index (χ2n) is 7.96. The number of anilines is 1. The Kier molecular flexibility index (Phi) is 7.11. The number of amides is 2. The van der Waals surface area contributed by atoms with Crippen molar-refractivity contribution in [2.45, 2.75) is 0 Å². The first kappa shape index (κ1) is 23.6. The van der Waals surface area contributed by atoms with E-state index in [1.54, 1.807) is 56.3 Å². The van der Waals surface area contributed by atoms with Crippen LogP contribution < -0.4 is 14.8 Å². The highest BCUT2D eigenvalue weighted by molar-refractivity contribution is 6.08. The van der Waals surface area contributed by atoms with Crippen molar-refractivity contribution in [3.8, 4) is 28.4 Å². The van der Waals surface area contributed by atoms with Gasteiger partial charge in [-0.1, -0.05) is 30.3 Å². The van der Waals surface area contributed by atoms with E-state index in [-0.39, 0.29) is 18.4 Å². The maximum Gasteiger partial charge on any atom is 0.259 e. The van der Waals surface area contributed by atoms with E-state index >= 15 is 0 Å². The van der Waals surface area contributed by atoms with Gasteiger partial charge >= 0.3 is 0 Å². The SMILES string of the molecule is COc1cccc(-c2nn(-c3ccccc3)cc2C(=O)Nc2ccc(OCC(=O)N(C)C)cc2)c1. The van der Waals surface area contributed by atoms with Crippen LogP contribution in [0.4, 0.5) is 5.69 Å². The van der Waals surface area contributed by atoms with Crippen LogP contribution >= 0.6 is 0 Å². The largest absolute Gasteiger partial charge is 0.497 e. The summed E-state index contributed by atoms with van der Waals surface area (Å²) in [5, 5.41) is 7.62. The first-order valence-electron chi connectivity index (χ1n) is 11.0. The second kappa shape index (κ2) is 10.6. The minimum atomic E-state index is -0.304. The zero-order valence-electron chi connectivity index (χ0n) is 19.8. The zero-order chi connectivity index (χ0) is 24.8. The predicted octanol–water partition coefficient (Wildman–Crippen LogP) is 4.27. The molecule has 2 amide bonds. The van der Waals surface area contributed by atoms with Gasteiger partial charge in [-0.15, -0.1) is 0 Å². The van der Waals surface area contributed by atoms with E-state index < -0.39 is 0 Å². The molecule has 0 aliphatic carbocycles. The van der Waals surface area contributed by atoms with Crippen molar-refractivity contribution < 1.29 is 19.1 Å². The third-order valence-electron chi connectivity index (χ3n) is 5.30. The summed E-state index contributed by atoms with van der Waals surface area (Å²) in [4.78, 5) is 26.5. The Morgan fingerprint density at radius 3 is 2.37 bits per heavy atom. The summed E-state index contributed by atoms with van der Waals surface area (Å²) in [5.74, 6) is 0.767. The van der Waals surface area contributed by atoms with E-state index in [9.17, 15) is 9.59 Å². The molecular formula is C27H26N4O4. The lowest BCUT2D eigenvalue weighted by atomic mass is 10.1. The summed E-state index contributed by atoms with van der Waals surface area (Å²) in [6.07, 6.45) is 1.71. The summed E-state index contributed by atoms with van der Waals surface area (Å²) in [5.41, 5.74) is 3.14. The number of benzene rings is 3. The van der Waals surface area contributed by atoms with Crippen molar-refractivity contribution >= 4 is 17.5 Å². The van der Waals surface area contributed by atoms with Gasteiger partial charge in [0.05, 0.1) is 18.4 Å². The average molecular weight is 471 g/mol. The van der Waals surface area contributed by atoms with Gasteiger partial charge in [0, 0.05) is 31.5 Å². The minimum absolute atomic E-state index is 0.0543. The standard InChI is InChI=1S/C27H26N4O4/c1-30(2)25(32)18-35-22-14-12-20(13-15-22)28-27(33)24-17-31(21-9-5-4-6-10-21)29-26(24)19-8-7-11-23(16-19)34-3/h4-17H,18H2,1-3H3,(H,28,33). The van der Waals surface area contributed by atoms with E-state index in [2.05, 4.69) is 5.32 Å². The van der Waals surface area contributed by atoms with Crippen molar-refractivity contribution in [1.82, 2.24) is 14.7 Å². The third-order valence-corrected chi connectivity index (χ3v) is 5.30. The van der Waals surface area contributed by atoms with Crippen molar-refractivity contribution in [2.75, 3.05) is 33.1 Å². The Balaban J connectivity index is 1.59. The molecule has 1 heterocycles. The molecule has 8 nitrogen and oxygen atoms in total. The molecule has 1 N–H and O–H groups in total. The number of nitrogens with zero attached hydrogens (tertiary/aromatic N) is 3. The molecule has 0 atom stereocenters. The lowest BCUT2D eigenvalue weighted by molar-refractivity contribution is -0.130. The summed E-state index contributed by atoms with van der Waals surface area (Å²) in [6.45, 7) is -0.0543. The van der Waals surface area contributed by atoms with Crippen LogP contribution in [0.3, 0.4) is 0 Å². The van der Waals surface area contributed by atoms with Crippen LogP contribution in [-0.2, 0) is 4.79 Å². The van der Waals surface area contributed by atoms with E-state index in [1.165, 1.54) is 4.90 Å².